The van der Waals surface area contributed by atoms with Crippen LogP contribution in [-0.4, -0.2) is 14.3 Å². The summed E-state index contributed by atoms with van der Waals surface area (Å²) < 4.78 is 46.3. The van der Waals surface area contributed by atoms with Crippen molar-refractivity contribution < 1.29 is 22.0 Å². The molecule has 1 fully saturated rings. The van der Waals surface area contributed by atoms with Gasteiger partial charge in [-0.05, 0) is 54.7 Å². The van der Waals surface area contributed by atoms with Crippen molar-refractivity contribution in [3.63, 3.8) is 0 Å². The molecule has 9 heteroatoms. The molecule has 0 aliphatic heterocycles. The van der Waals surface area contributed by atoms with Gasteiger partial charge in [0.15, 0.2) is 5.76 Å². The van der Waals surface area contributed by atoms with Crippen LogP contribution in [0.15, 0.2) is 45.7 Å². The smallest absolute Gasteiger partial charge is 0.300 e. The number of nitrogens with one attached hydrogen (secondary N) is 1. The molecule has 0 atom stereocenters. The van der Waals surface area contributed by atoms with Gasteiger partial charge < -0.3 is 4.42 Å². The first kappa shape index (κ1) is 18.3. The van der Waals surface area contributed by atoms with Crippen LogP contribution in [0, 0.1) is 5.82 Å². The van der Waals surface area contributed by atoms with Gasteiger partial charge in [-0.15, -0.1) is 0 Å². The van der Waals surface area contributed by atoms with Gasteiger partial charge in [0, 0.05) is 11.1 Å². The van der Waals surface area contributed by atoms with E-state index in [9.17, 15) is 17.6 Å². The zero-order valence-corrected chi connectivity index (χ0v) is 16.0. The molecule has 0 radical (unpaired) electrons. The van der Waals surface area contributed by atoms with E-state index in [0.717, 1.165) is 18.4 Å². The van der Waals surface area contributed by atoms with Crippen LogP contribution in [0.1, 0.15) is 34.9 Å². The van der Waals surface area contributed by atoms with Crippen LogP contribution in [0.4, 0.5) is 4.39 Å². The number of sulfonamides is 1. The lowest BCUT2D eigenvalue weighted by molar-refractivity contribution is 0.0956. The molecule has 3 aromatic rings. The predicted octanol–water partition coefficient (Wildman–Crippen LogP) is 4.87. The largest absolute Gasteiger partial charge is 0.451 e. The SMILES string of the molecule is O=C(NS(=O)(=O)c1ccc(Cl)cc1Cl)c1cc2c(F)cc(C3CC3)cc2o1. The molecular weight excluding hydrogens is 416 g/mol. The topological polar surface area (TPSA) is 76.4 Å². The van der Waals surface area contributed by atoms with Gasteiger partial charge in [-0.1, -0.05) is 23.2 Å². The van der Waals surface area contributed by atoms with Gasteiger partial charge in [0.1, 0.15) is 16.3 Å². The van der Waals surface area contributed by atoms with E-state index in [4.69, 9.17) is 27.6 Å². The van der Waals surface area contributed by atoms with Crippen molar-refractivity contribution in [2.75, 3.05) is 0 Å². The molecule has 1 aliphatic carbocycles. The first-order valence-electron chi connectivity index (χ1n) is 8.00. The van der Waals surface area contributed by atoms with Gasteiger partial charge in [0.05, 0.1) is 10.4 Å². The van der Waals surface area contributed by atoms with Crippen LogP contribution in [0.2, 0.25) is 10.0 Å². The number of benzene rings is 2. The highest BCUT2D eigenvalue weighted by Crippen LogP contribution is 2.41. The van der Waals surface area contributed by atoms with Crippen LogP contribution in [-0.2, 0) is 10.0 Å². The summed E-state index contributed by atoms with van der Waals surface area (Å²) >= 11 is 11.6. The summed E-state index contributed by atoms with van der Waals surface area (Å²) in [4.78, 5) is 12.0. The Morgan fingerprint density at radius 2 is 1.89 bits per heavy atom. The maximum Gasteiger partial charge on any atom is 0.300 e. The van der Waals surface area contributed by atoms with Gasteiger partial charge in [-0.3, -0.25) is 4.79 Å². The molecule has 2 aromatic carbocycles. The second-order valence-electron chi connectivity index (χ2n) is 6.31. The average Bonchev–Trinajstić information content (AvgIpc) is 3.33. The maximum atomic E-state index is 14.3. The molecule has 1 aromatic heterocycles. The van der Waals surface area contributed by atoms with Gasteiger partial charge in [0.25, 0.3) is 10.0 Å². The Hall–Kier alpha value is -2.09. The molecular formula is C18H12Cl2FNO4S. The van der Waals surface area contributed by atoms with Crippen molar-refractivity contribution in [3.05, 3.63) is 63.6 Å². The van der Waals surface area contributed by atoms with Gasteiger partial charge in [-0.25, -0.2) is 17.5 Å². The molecule has 0 spiro atoms. The van der Waals surface area contributed by atoms with E-state index in [1.54, 1.807) is 6.07 Å². The summed E-state index contributed by atoms with van der Waals surface area (Å²) in [7, 11) is -4.26. The molecule has 0 bridgehead atoms. The normalized spacial score (nSPS) is 14.5. The van der Waals surface area contributed by atoms with Crippen LogP contribution in [0.25, 0.3) is 11.0 Å². The lowest BCUT2D eigenvalue weighted by Crippen LogP contribution is -2.30. The summed E-state index contributed by atoms with van der Waals surface area (Å²) in [5, 5.41) is 0.239. The second kappa shape index (κ2) is 6.51. The second-order valence-corrected chi connectivity index (χ2v) is 8.80. The molecule has 0 unspecified atom stereocenters. The van der Waals surface area contributed by atoms with E-state index in [-0.39, 0.29) is 31.7 Å². The minimum Gasteiger partial charge on any atom is -0.451 e. The number of carbonyl (C=O) groups is 1. The Labute approximate surface area is 164 Å². The third-order valence-corrected chi connectivity index (χ3v) is 6.34. The predicted molar refractivity (Wildman–Crippen MR) is 99.3 cm³/mol. The minimum atomic E-state index is -4.26. The van der Waals surface area contributed by atoms with Crippen molar-refractivity contribution in [2.24, 2.45) is 0 Å². The maximum absolute atomic E-state index is 14.3. The van der Waals surface area contributed by atoms with Gasteiger partial charge in [0.2, 0.25) is 0 Å². The highest BCUT2D eigenvalue weighted by atomic mass is 35.5. The van der Waals surface area contributed by atoms with Gasteiger partial charge >= 0.3 is 5.91 Å². The van der Waals surface area contributed by atoms with Crippen molar-refractivity contribution in [3.8, 4) is 0 Å². The van der Waals surface area contributed by atoms with E-state index in [1.165, 1.54) is 30.3 Å². The molecule has 1 aliphatic rings. The number of hydrogen-bond donors (Lipinski definition) is 1. The Bertz CT molecular complexity index is 1190. The first-order valence-corrected chi connectivity index (χ1v) is 10.2. The highest BCUT2D eigenvalue weighted by Gasteiger charge is 2.27. The molecule has 27 heavy (non-hydrogen) atoms. The summed E-state index contributed by atoms with van der Waals surface area (Å²) in [5.74, 6) is -1.55. The number of fused-ring (bicyclic) bond motifs is 1. The number of hydrogen-bond acceptors (Lipinski definition) is 4. The molecule has 4 rings (SSSR count). The number of carbonyl (C=O) groups excluding carboxylic acids is 1. The van der Waals surface area contributed by atoms with E-state index >= 15 is 0 Å². The zero-order valence-electron chi connectivity index (χ0n) is 13.6. The highest BCUT2D eigenvalue weighted by molar-refractivity contribution is 7.90. The molecule has 1 amide bonds. The third kappa shape index (κ3) is 3.54. The summed E-state index contributed by atoms with van der Waals surface area (Å²) in [6.07, 6.45) is 1.97. The van der Waals surface area contributed by atoms with Crippen LogP contribution in [0.3, 0.4) is 0 Å². The molecule has 1 N–H and O–H groups in total. The fourth-order valence-electron chi connectivity index (χ4n) is 2.80. The fourth-order valence-corrected chi connectivity index (χ4v) is 4.53. The van der Waals surface area contributed by atoms with Crippen molar-refractivity contribution in [1.82, 2.24) is 4.72 Å². The third-order valence-electron chi connectivity index (χ3n) is 4.29. The number of amides is 1. The molecule has 1 saturated carbocycles. The summed E-state index contributed by atoms with van der Waals surface area (Å²) in [6, 6.07) is 8.04. The Kier molecular flexibility index (Phi) is 4.41. The van der Waals surface area contributed by atoms with E-state index < -0.39 is 21.7 Å². The van der Waals surface area contributed by atoms with Crippen LogP contribution < -0.4 is 4.72 Å². The van der Waals surface area contributed by atoms with E-state index in [2.05, 4.69) is 0 Å². The van der Waals surface area contributed by atoms with Crippen LogP contribution in [0.5, 0.6) is 0 Å². The molecule has 1 heterocycles. The number of rotatable bonds is 4. The zero-order chi connectivity index (χ0) is 19.3. The average molecular weight is 428 g/mol. The lowest BCUT2D eigenvalue weighted by Gasteiger charge is -2.07. The van der Waals surface area contributed by atoms with Crippen molar-refractivity contribution in [2.45, 2.75) is 23.7 Å². The van der Waals surface area contributed by atoms with Crippen molar-refractivity contribution >= 4 is 50.1 Å². The Morgan fingerprint density at radius 1 is 1.15 bits per heavy atom. The first-order chi connectivity index (χ1) is 12.7. The quantitative estimate of drug-likeness (QED) is 0.643. The van der Waals surface area contributed by atoms with Crippen LogP contribution >= 0.6 is 23.2 Å². The molecule has 0 saturated heterocycles. The standard InChI is InChI=1S/C18H12Cl2FNO4S/c19-11-3-4-17(13(20)7-11)27(24,25)22-18(23)16-8-12-14(21)5-10(9-1-2-9)6-15(12)26-16/h3-9H,1-2H2,(H,22,23). The summed E-state index contributed by atoms with van der Waals surface area (Å²) in [6.45, 7) is 0. The Balaban J connectivity index is 1.65. The van der Waals surface area contributed by atoms with E-state index in [1.807, 2.05) is 4.72 Å². The molecule has 140 valence electrons. The fraction of sp³-hybridized carbons (Fsp3) is 0.167. The minimum absolute atomic E-state index is 0.117. The monoisotopic (exact) mass is 427 g/mol. The lowest BCUT2D eigenvalue weighted by atomic mass is 10.1. The van der Waals surface area contributed by atoms with E-state index in [0.29, 0.717) is 5.92 Å². The number of halogens is 3. The molecule has 5 nitrogen and oxygen atoms in total. The number of furan rings is 1. The Morgan fingerprint density at radius 3 is 2.56 bits per heavy atom. The van der Waals surface area contributed by atoms with Crippen molar-refractivity contribution in [1.29, 1.82) is 0 Å². The van der Waals surface area contributed by atoms with Gasteiger partial charge in [-0.2, -0.15) is 0 Å². The summed E-state index contributed by atoms with van der Waals surface area (Å²) in [5.41, 5.74) is 1.01.